The summed E-state index contributed by atoms with van der Waals surface area (Å²) in [5, 5.41) is 13.1. The van der Waals surface area contributed by atoms with E-state index in [2.05, 4.69) is 15.3 Å². The molecule has 1 unspecified atom stereocenters. The SMILES string of the molecule is CC(C)(C)C(NC(=O)c1ccc(-c2ccc(Cl)c(F)c2)[nH]1)c1ncc(CO)s1. The maximum absolute atomic E-state index is 13.7. The zero-order valence-electron chi connectivity index (χ0n) is 15.7. The molecule has 2 aromatic heterocycles. The van der Waals surface area contributed by atoms with Crippen LogP contribution < -0.4 is 5.32 Å². The third-order valence-corrected chi connectivity index (χ3v) is 5.63. The third-order valence-electron chi connectivity index (χ3n) is 4.28. The van der Waals surface area contributed by atoms with Crippen molar-refractivity contribution in [3.05, 3.63) is 62.9 Å². The van der Waals surface area contributed by atoms with E-state index in [4.69, 9.17) is 11.6 Å². The van der Waals surface area contributed by atoms with Crippen LogP contribution in [0.25, 0.3) is 11.3 Å². The normalized spacial score (nSPS) is 12.8. The van der Waals surface area contributed by atoms with Gasteiger partial charge in [0.05, 0.1) is 22.5 Å². The summed E-state index contributed by atoms with van der Waals surface area (Å²) in [7, 11) is 0. The van der Waals surface area contributed by atoms with Crippen molar-refractivity contribution >= 4 is 28.8 Å². The van der Waals surface area contributed by atoms with Crippen LogP contribution in [0.1, 0.15) is 47.2 Å². The van der Waals surface area contributed by atoms with Crippen molar-refractivity contribution in [2.75, 3.05) is 0 Å². The summed E-state index contributed by atoms with van der Waals surface area (Å²) in [4.78, 5) is 20.9. The van der Waals surface area contributed by atoms with Crippen LogP contribution in [-0.4, -0.2) is 21.0 Å². The first kappa shape index (κ1) is 20.5. The number of benzene rings is 1. The minimum absolute atomic E-state index is 0.0481. The second-order valence-corrected chi connectivity index (χ2v) is 9.06. The molecule has 28 heavy (non-hydrogen) atoms. The number of thiazole rings is 1. The fourth-order valence-electron chi connectivity index (χ4n) is 2.75. The Kier molecular flexibility index (Phi) is 5.88. The molecule has 5 nitrogen and oxygen atoms in total. The van der Waals surface area contributed by atoms with Crippen molar-refractivity contribution in [1.82, 2.24) is 15.3 Å². The molecule has 1 amide bonds. The molecule has 0 saturated heterocycles. The van der Waals surface area contributed by atoms with Crippen LogP contribution in [0.4, 0.5) is 4.39 Å². The number of aliphatic hydroxyl groups excluding tert-OH is 1. The molecule has 3 aromatic rings. The van der Waals surface area contributed by atoms with Crippen LogP contribution in [0.2, 0.25) is 5.02 Å². The second kappa shape index (κ2) is 8.03. The van der Waals surface area contributed by atoms with Gasteiger partial charge in [0.15, 0.2) is 0 Å². The standard InChI is InChI=1S/C20H21ClFN3O2S/c1-20(2,3)17(19-23-9-12(10-26)28-19)25-18(27)16-7-6-15(24-16)11-4-5-13(21)14(22)8-11/h4-9,17,24,26H,10H2,1-3H3,(H,25,27). The Morgan fingerprint density at radius 1 is 1.36 bits per heavy atom. The minimum atomic E-state index is -0.518. The molecule has 0 aliphatic heterocycles. The highest BCUT2D eigenvalue weighted by molar-refractivity contribution is 7.11. The highest BCUT2D eigenvalue weighted by Gasteiger charge is 2.31. The number of amides is 1. The molecular formula is C20H21ClFN3O2S. The predicted molar refractivity (Wildman–Crippen MR) is 109 cm³/mol. The molecule has 0 fully saturated rings. The number of aromatic nitrogens is 2. The van der Waals surface area contributed by atoms with Crippen LogP contribution in [0, 0.1) is 11.2 Å². The monoisotopic (exact) mass is 421 g/mol. The molecule has 1 aromatic carbocycles. The van der Waals surface area contributed by atoms with Gasteiger partial charge in [-0.05, 0) is 29.7 Å². The molecule has 148 valence electrons. The summed E-state index contributed by atoms with van der Waals surface area (Å²) in [5.74, 6) is -0.808. The van der Waals surface area contributed by atoms with Gasteiger partial charge in [0.1, 0.15) is 16.5 Å². The van der Waals surface area contributed by atoms with Crippen molar-refractivity contribution < 1.29 is 14.3 Å². The Balaban J connectivity index is 1.82. The number of carbonyl (C=O) groups excluding carboxylic acids is 1. The fraction of sp³-hybridized carbons (Fsp3) is 0.300. The fourth-order valence-corrected chi connectivity index (χ4v) is 3.94. The van der Waals surface area contributed by atoms with Gasteiger partial charge in [0, 0.05) is 17.5 Å². The number of carbonyl (C=O) groups is 1. The topological polar surface area (TPSA) is 78.0 Å². The van der Waals surface area contributed by atoms with Gasteiger partial charge in [-0.25, -0.2) is 9.37 Å². The second-order valence-electron chi connectivity index (χ2n) is 7.51. The van der Waals surface area contributed by atoms with E-state index in [1.807, 2.05) is 20.8 Å². The molecule has 0 saturated carbocycles. The Hall–Kier alpha value is -2.22. The van der Waals surface area contributed by atoms with Crippen LogP contribution in [0.15, 0.2) is 36.5 Å². The van der Waals surface area contributed by atoms with Crippen molar-refractivity contribution in [3.8, 4) is 11.3 Å². The van der Waals surface area contributed by atoms with Crippen LogP contribution in [0.5, 0.6) is 0 Å². The lowest BCUT2D eigenvalue weighted by Crippen LogP contribution is -2.36. The number of nitrogens with one attached hydrogen (secondary N) is 2. The zero-order valence-corrected chi connectivity index (χ0v) is 17.3. The number of H-pyrrole nitrogens is 1. The summed E-state index contributed by atoms with van der Waals surface area (Å²) in [6, 6.07) is 7.52. The number of hydrogen-bond acceptors (Lipinski definition) is 4. The van der Waals surface area contributed by atoms with E-state index in [1.54, 1.807) is 24.4 Å². The summed E-state index contributed by atoms with van der Waals surface area (Å²) < 4.78 is 13.7. The maximum atomic E-state index is 13.7. The van der Waals surface area contributed by atoms with E-state index in [0.717, 1.165) is 9.88 Å². The molecule has 3 rings (SSSR count). The molecule has 2 heterocycles. The molecule has 0 spiro atoms. The Morgan fingerprint density at radius 2 is 2.11 bits per heavy atom. The van der Waals surface area contributed by atoms with Crippen molar-refractivity contribution in [2.24, 2.45) is 5.41 Å². The van der Waals surface area contributed by atoms with Crippen LogP contribution in [-0.2, 0) is 6.61 Å². The van der Waals surface area contributed by atoms with Crippen LogP contribution >= 0.6 is 22.9 Å². The molecule has 3 N–H and O–H groups in total. The van der Waals surface area contributed by atoms with E-state index in [9.17, 15) is 14.3 Å². The predicted octanol–water partition coefficient (Wildman–Crippen LogP) is 4.94. The van der Waals surface area contributed by atoms with Gasteiger partial charge in [0.2, 0.25) is 0 Å². The lowest BCUT2D eigenvalue weighted by Gasteiger charge is -2.29. The van der Waals surface area contributed by atoms with Gasteiger partial charge in [-0.3, -0.25) is 4.79 Å². The van der Waals surface area contributed by atoms with Crippen molar-refractivity contribution in [2.45, 2.75) is 33.4 Å². The van der Waals surface area contributed by atoms with Gasteiger partial charge in [-0.1, -0.05) is 38.4 Å². The average Bonchev–Trinajstić information content (AvgIpc) is 3.30. The van der Waals surface area contributed by atoms with E-state index >= 15 is 0 Å². The summed E-state index contributed by atoms with van der Waals surface area (Å²) >= 11 is 7.09. The first-order valence-corrected chi connectivity index (χ1v) is 9.89. The molecule has 0 aliphatic carbocycles. The molecule has 8 heteroatoms. The van der Waals surface area contributed by atoms with Crippen LogP contribution in [0.3, 0.4) is 0 Å². The minimum Gasteiger partial charge on any atom is -0.391 e. The zero-order chi connectivity index (χ0) is 20.5. The number of aromatic amines is 1. The Bertz CT molecular complexity index is 993. The lowest BCUT2D eigenvalue weighted by atomic mass is 9.87. The molecule has 0 aliphatic rings. The smallest absolute Gasteiger partial charge is 0.268 e. The van der Waals surface area contributed by atoms with Gasteiger partial charge < -0.3 is 15.4 Å². The first-order chi connectivity index (χ1) is 13.2. The van der Waals surface area contributed by atoms with Gasteiger partial charge in [-0.15, -0.1) is 11.3 Å². The summed E-state index contributed by atoms with van der Waals surface area (Å²) in [6.07, 6.45) is 1.62. The lowest BCUT2D eigenvalue weighted by molar-refractivity contribution is 0.0897. The largest absolute Gasteiger partial charge is 0.391 e. The number of hydrogen-bond donors (Lipinski definition) is 3. The highest BCUT2D eigenvalue weighted by atomic mass is 35.5. The maximum Gasteiger partial charge on any atom is 0.268 e. The quantitative estimate of drug-likeness (QED) is 0.546. The summed E-state index contributed by atoms with van der Waals surface area (Å²) in [5.41, 5.74) is 1.29. The van der Waals surface area contributed by atoms with Gasteiger partial charge >= 0.3 is 0 Å². The Labute approximate surface area is 171 Å². The number of aliphatic hydroxyl groups is 1. The van der Waals surface area contributed by atoms with Gasteiger partial charge in [-0.2, -0.15) is 0 Å². The van der Waals surface area contributed by atoms with Crippen molar-refractivity contribution in [1.29, 1.82) is 0 Å². The van der Waals surface area contributed by atoms with Gasteiger partial charge in [0.25, 0.3) is 5.91 Å². The molecule has 0 radical (unpaired) electrons. The molecular weight excluding hydrogens is 401 g/mol. The Morgan fingerprint density at radius 3 is 2.71 bits per heavy atom. The average molecular weight is 422 g/mol. The third kappa shape index (κ3) is 4.43. The van der Waals surface area contributed by atoms with E-state index in [1.165, 1.54) is 23.5 Å². The number of rotatable bonds is 5. The molecule has 1 atom stereocenters. The van der Waals surface area contributed by atoms with E-state index < -0.39 is 5.82 Å². The number of halogens is 2. The van der Waals surface area contributed by atoms with Crippen molar-refractivity contribution in [3.63, 3.8) is 0 Å². The van der Waals surface area contributed by atoms with E-state index in [-0.39, 0.29) is 29.0 Å². The molecule has 0 bridgehead atoms. The highest BCUT2D eigenvalue weighted by Crippen LogP contribution is 2.35. The number of nitrogens with zero attached hydrogens (tertiary/aromatic N) is 1. The van der Waals surface area contributed by atoms with E-state index in [0.29, 0.717) is 17.0 Å². The summed E-state index contributed by atoms with van der Waals surface area (Å²) in [6.45, 7) is 5.94. The first-order valence-electron chi connectivity index (χ1n) is 8.70.